The first-order valence-electron chi connectivity index (χ1n) is 10.7. The third-order valence-corrected chi connectivity index (χ3v) is 5.15. The van der Waals surface area contributed by atoms with Crippen LogP contribution in [0.3, 0.4) is 0 Å². The zero-order valence-electron chi connectivity index (χ0n) is 18.3. The molecule has 8 nitrogen and oxygen atoms in total. The van der Waals surface area contributed by atoms with Crippen molar-refractivity contribution < 1.29 is 19.6 Å². The Bertz CT molecular complexity index is 1130. The lowest BCUT2D eigenvalue weighted by molar-refractivity contribution is -0.384. The molecular weight excluding hydrogens is 434 g/mol. The molecule has 0 unspecified atom stereocenters. The lowest BCUT2D eigenvalue weighted by Gasteiger charge is -2.21. The van der Waals surface area contributed by atoms with Crippen LogP contribution >= 0.6 is 0 Å². The molecule has 0 aliphatic rings. The molecule has 0 aromatic heterocycles. The molecule has 0 spiro atoms. The Kier molecular flexibility index (Phi) is 8.51. The molecule has 0 aliphatic carbocycles. The van der Waals surface area contributed by atoms with Gasteiger partial charge in [-0.05, 0) is 35.2 Å². The first kappa shape index (κ1) is 24.2. The standard InChI is InChI=1S/C26H25N3O5/c30-25(24(28-26(31)32)18-21-9-5-2-6-10-21)27-22(17-20-7-3-1-4-8-20)14-11-19-12-15-23(16-13-19)29(33)34/h1-16,22,24,28H,17-18H2,(H,27,30)(H,31,32)/b14-11+/t22-,24+/m1/s1. The number of amides is 2. The van der Waals surface area contributed by atoms with E-state index in [0.717, 1.165) is 16.7 Å². The summed E-state index contributed by atoms with van der Waals surface area (Å²) in [4.78, 5) is 34.8. The van der Waals surface area contributed by atoms with E-state index in [1.807, 2.05) is 60.7 Å². The van der Waals surface area contributed by atoms with Crippen LogP contribution in [-0.4, -0.2) is 34.1 Å². The summed E-state index contributed by atoms with van der Waals surface area (Å²) >= 11 is 0. The predicted molar refractivity (Wildman–Crippen MR) is 129 cm³/mol. The maximum atomic E-state index is 13.1. The average Bonchev–Trinajstić information content (AvgIpc) is 2.83. The quantitative estimate of drug-likeness (QED) is 0.310. The Morgan fingerprint density at radius 3 is 1.94 bits per heavy atom. The van der Waals surface area contributed by atoms with Crippen molar-refractivity contribution in [2.45, 2.75) is 24.9 Å². The van der Waals surface area contributed by atoms with Gasteiger partial charge in [0, 0.05) is 18.6 Å². The van der Waals surface area contributed by atoms with Crippen molar-refractivity contribution in [3.63, 3.8) is 0 Å². The van der Waals surface area contributed by atoms with Crippen LogP contribution in [0.2, 0.25) is 0 Å². The van der Waals surface area contributed by atoms with Gasteiger partial charge in [0.2, 0.25) is 5.91 Å². The van der Waals surface area contributed by atoms with Crippen LogP contribution in [-0.2, 0) is 17.6 Å². The third-order valence-electron chi connectivity index (χ3n) is 5.15. The highest BCUT2D eigenvalue weighted by molar-refractivity contribution is 5.86. The molecule has 0 radical (unpaired) electrons. The number of non-ortho nitro benzene ring substituents is 1. The number of nitrogens with one attached hydrogen (secondary N) is 2. The largest absolute Gasteiger partial charge is 0.465 e. The molecule has 2 atom stereocenters. The maximum absolute atomic E-state index is 13.1. The van der Waals surface area contributed by atoms with Crippen LogP contribution in [0.25, 0.3) is 6.08 Å². The highest BCUT2D eigenvalue weighted by Crippen LogP contribution is 2.14. The van der Waals surface area contributed by atoms with E-state index in [0.29, 0.717) is 6.42 Å². The number of rotatable bonds is 10. The Morgan fingerprint density at radius 1 is 0.853 bits per heavy atom. The molecular formula is C26H25N3O5. The van der Waals surface area contributed by atoms with E-state index in [1.165, 1.54) is 12.1 Å². The van der Waals surface area contributed by atoms with Gasteiger partial charge in [0.15, 0.2) is 0 Å². The molecule has 34 heavy (non-hydrogen) atoms. The fourth-order valence-electron chi connectivity index (χ4n) is 3.46. The predicted octanol–water partition coefficient (Wildman–Crippen LogP) is 4.21. The van der Waals surface area contributed by atoms with Crippen LogP contribution < -0.4 is 10.6 Å². The van der Waals surface area contributed by atoms with Crippen molar-refractivity contribution >= 4 is 23.8 Å². The van der Waals surface area contributed by atoms with Gasteiger partial charge in [-0.1, -0.05) is 72.8 Å². The molecule has 0 saturated heterocycles. The fourth-order valence-corrected chi connectivity index (χ4v) is 3.46. The molecule has 3 N–H and O–H groups in total. The number of carbonyl (C=O) groups is 2. The second kappa shape index (κ2) is 12.0. The highest BCUT2D eigenvalue weighted by Gasteiger charge is 2.23. The summed E-state index contributed by atoms with van der Waals surface area (Å²) in [5.41, 5.74) is 2.56. The van der Waals surface area contributed by atoms with Crippen molar-refractivity contribution in [3.8, 4) is 0 Å². The van der Waals surface area contributed by atoms with Crippen LogP contribution in [0.5, 0.6) is 0 Å². The Balaban J connectivity index is 1.78. The van der Waals surface area contributed by atoms with E-state index in [2.05, 4.69) is 10.6 Å². The number of nitrogens with zero attached hydrogens (tertiary/aromatic N) is 1. The average molecular weight is 460 g/mol. The highest BCUT2D eigenvalue weighted by atomic mass is 16.6. The van der Waals surface area contributed by atoms with E-state index in [-0.39, 0.29) is 12.1 Å². The van der Waals surface area contributed by atoms with Crippen molar-refractivity contribution in [1.29, 1.82) is 0 Å². The molecule has 2 amide bonds. The van der Waals surface area contributed by atoms with Gasteiger partial charge in [0.1, 0.15) is 6.04 Å². The second-order valence-electron chi connectivity index (χ2n) is 7.70. The first-order chi connectivity index (χ1) is 16.4. The van der Waals surface area contributed by atoms with E-state index < -0.39 is 29.0 Å². The van der Waals surface area contributed by atoms with Gasteiger partial charge in [0.05, 0.1) is 11.0 Å². The minimum absolute atomic E-state index is 0.00483. The van der Waals surface area contributed by atoms with Gasteiger partial charge < -0.3 is 15.7 Å². The monoisotopic (exact) mass is 459 g/mol. The fraction of sp³-hybridized carbons (Fsp3) is 0.154. The number of carbonyl (C=O) groups excluding carboxylic acids is 1. The molecule has 3 rings (SSSR count). The molecule has 0 saturated carbocycles. The molecule has 8 heteroatoms. The van der Waals surface area contributed by atoms with E-state index >= 15 is 0 Å². The summed E-state index contributed by atoms with van der Waals surface area (Å²) in [6.07, 6.45) is 2.99. The first-order valence-corrected chi connectivity index (χ1v) is 10.7. The molecule has 3 aromatic rings. The second-order valence-corrected chi connectivity index (χ2v) is 7.70. The normalized spacial score (nSPS) is 12.6. The molecule has 174 valence electrons. The molecule has 0 fully saturated rings. The molecule has 0 bridgehead atoms. The Morgan fingerprint density at radius 2 is 1.41 bits per heavy atom. The van der Waals surface area contributed by atoms with Crippen molar-refractivity contribution in [1.82, 2.24) is 10.6 Å². The number of nitro benzene ring substituents is 1. The van der Waals surface area contributed by atoms with Crippen molar-refractivity contribution in [2.75, 3.05) is 0 Å². The number of hydrogen-bond acceptors (Lipinski definition) is 4. The van der Waals surface area contributed by atoms with Crippen molar-refractivity contribution in [3.05, 3.63) is 118 Å². The number of hydrogen-bond donors (Lipinski definition) is 3. The summed E-state index contributed by atoms with van der Waals surface area (Å²) in [6.45, 7) is 0. The van der Waals surface area contributed by atoms with E-state index in [9.17, 15) is 24.8 Å². The minimum Gasteiger partial charge on any atom is -0.465 e. The van der Waals surface area contributed by atoms with Gasteiger partial charge >= 0.3 is 6.09 Å². The Hall–Kier alpha value is -4.46. The molecule has 0 aliphatic heterocycles. The zero-order chi connectivity index (χ0) is 24.3. The smallest absolute Gasteiger partial charge is 0.405 e. The van der Waals surface area contributed by atoms with Crippen LogP contribution in [0.1, 0.15) is 16.7 Å². The molecule has 3 aromatic carbocycles. The molecule has 0 heterocycles. The van der Waals surface area contributed by atoms with Gasteiger partial charge in [-0.25, -0.2) is 4.79 Å². The summed E-state index contributed by atoms with van der Waals surface area (Å²) in [7, 11) is 0. The van der Waals surface area contributed by atoms with E-state index in [4.69, 9.17) is 0 Å². The van der Waals surface area contributed by atoms with Crippen LogP contribution in [0.15, 0.2) is 91.0 Å². The third kappa shape index (κ3) is 7.59. The zero-order valence-corrected chi connectivity index (χ0v) is 18.3. The lowest BCUT2D eigenvalue weighted by Crippen LogP contribution is -2.50. The van der Waals surface area contributed by atoms with Crippen LogP contribution in [0, 0.1) is 10.1 Å². The van der Waals surface area contributed by atoms with Crippen molar-refractivity contribution in [2.24, 2.45) is 0 Å². The van der Waals surface area contributed by atoms with Gasteiger partial charge in [-0.2, -0.15) is 0 Å². The minimum atomic E-state index is -1.28. The summed E-state index contributed by atoms with van der Waals surface area (Å²) in [6, 6.07) is 23.4. The van der Waals surface area contributed by atoms with E-state index in [1.54, 1.807) is 24.3 Å². The summed E-state index contributed by atoms with van der Waals surface area (Å²) in [5, 5.41) is 25.3. The topological polar surface area (TPSA) is 122 Å². The number of benzene rings is 3. The van der Waals surface area contributed by atoms with Crippen LogP contribution in [0.4, 0.5) is 10.5 Å². The summed E-state index contributed by atoms with van der Waals surface area (Å²) in [5.74, 6) is -0.444. The maximum Gasteiger partial charge on any atom is 0.405 e. The summed E-state index contributed by atoms with van der Waals surface area (Å²) < 4.78 is 0. The number of nitro groups is 1. The van der Waals surface area contributed by atoms with Gasteiger partial charge in [-0.3, -0.25) is 14.9 Å². The van der Waals surface area contributed by atoms with Gasteiger partial charge in [0.25, 0.3) is 5.69 Å². The van der Waals surface area contributed by atoms with Gasteiger partial charge in [-0.15, -0.1) is 0 Å². The Labute approximate surface area is 197 Å². The lowest BCUT2D eigenvalue weighted by atomic mass is 10.0. The SMILES string of the molecule is O=C(O)N[C@@H](Cc1ccccc1)C(=O)N[C@H](/C=C/c1ccc([N+](=O)[O-])cc1)Cc1ccccc1. The number of carboxylic acid groups (broad SMARTS) is 1.